The first-order chi connectivity index (χ1) is 8.19. The van der Waals surface area contributed by atoms with Gasteiger partial charge in [0.1, 0.15) is 11.6 Å². The van der Waals surface area contributed by atoms with E-state index in [-0.39, 0.29) is 0 Å². The lowest BCUT2D eigenvalue weighted by Crippen LogP contribution is -1.95. The van der Waals surface area contributed by atoms with Crippen LogP contribution in [-0.4, -0.2) is 12.0 Å². The summed E-state index contributed by atoms with van der Waals surface area (Å²) in [6.45, 7) is 4.07. The van der Waals surface area contributed by atoms with Crippen LogP contribution in [0, 0.1) is 13.8 Å². The third-order valence-electron chi connectivity index (χ3n) is 2.54. The second-order valence-corrected chi connectivity index (χ2v) is 3.98. The summed E-state index contributed by atoms with van der Waals surface area (Å²) in [6, 6.07) is 11.8. The maximum atomic E-state index is 5.78. The van der Waals surface area contributed by atoms with Gasteiger partial charge in [0.05, 0.1) is 0 Å². The number of rotatable bonds is 3. The summed E-state index contributed by atoms with van der Waals surface area (Å²) >= 11 is 0. The van der Waals surface area contributed by atoms with Gasteiger partial charge in [-0.25, -0.2) is 0 Å². The van der Waals surface area contributed by atoms with Gasteiger partial charge in [0.15, 0.2) is 0 Å². The van der Waals surface area contributed by atoms with E-state index in [9.17, 15) is 0 Å². The van der Waals surface area contributed by atoms with Crippen molar-refractivity contribution >= 4 is 5.82 Å². The highest BCUT2D eigenvalue weighted by atomic mass is 16.5. The standard InChI is InChI=1S/C14H16N2O/c1-10-7-8-11(2)12(9-10)17-14-6-4-5-13(15-3)16-14/h4-9H,1-3H3,(H,15,16). The normalized spacial score (nSPS) is 10.1. The molecule has 0 atom stereocenters. The Labute approximate surface area is 101 Å². The van der Waals surface area contributed by atoms with E-state index in [0.717, 1.165) is 17.1 Å². The molecule has 0 radical (unpaired) electrons. The minimum atomic E-state index is 0.602. The zero-order chi connectivity index (χ0) is 12.3. The number of hydrogen-bond donors (Lipinski definition) is 1. The van der Waals surface area contributed by atoms with E-state index in [1.165, 1.54) is 5.56 Å². The average Bonchev–Trinajstić information content (AvgIpc) is 2.34. The molecule has 0 aliphatic rings. The number of aromatic nitrogens is 1. The Morgan fingerprint density at radius 2 is 1.94 bits per heavy atom. The fourth-order valence-corrected chi connectivity index (χ4v) is 1.54. The van der Waals surface area contributed by atoms with E-state index < -0.39 is 0 Å². The molecule has 1 aromatic carbocycles. The summed E-state index contributed by atoms with van der Waals surface area (Å²) in [5.41, 5.74) is 2.28. The van der Waals surface area contributed by atoms with E-state index in [2.05, 4.69) is 16.4 Å². The number of aryl methyl sites for hydroxylation is 2. The SMILES string of the molecule is CNc1cccc(Oc2cc(C)ccc2C)n1. The number of pyridine rings is 1. The molecule has 0 fully saturated rings. The monoisotopic (exact) mass is 228 g/mol. The Balaban J connectivity index is 2.27. The average molecular weight is 228 g/mol. The highest BCUT2D eigenvalue weighted by Gasteiger charge is 2.03. The zero-order valence-corrected chi connectivity index (χ0v) is 10.3. The van der Waals surface area contributed by atoms with Crippen LogP contribution in [0.3, 0.4) is 0 Å². The van der Waals surface area contributed by atoms with Gasteiger partial charge in [-0.2, -0.15) is 4.98 Å². The minimum Gasteiger partial charge on any atom is -0.439 e. The number of ether oxygens (including phenoxy) is 1. The fraction of sp³-hybridized carbons (Fsp3) is 0.214. The van der Waals surface area contributed by atoms with E-state index in [4.69, 9.17) is 4.74 Å². The van der Waals surface area contributed by atoms with E-state index in [1.807, 2.05) is 51.2 Å². The van der Waals surface area contributed by atoms with Crippen molar-refractivity contribution in [2.45, 2.75) is 13.8 Å². The molecule has 0 amide bonds. The molecule has 0 saturated carbocycles. The van der Waals surface area contributed by atoms with Gasteiger partial charge in [-0.1, -0.05) is 18.2 Å². The molecule has 2 rings (SSSR count). The van der Waals surface area contributed by atoms with Crippen molar-refractivity contribution in [3.63, 3.8) is 0 Å². The molecular weight excluding hydrogens is 212 g/mol. The maximum absolute atomic E-state index is 5.78. The molecule has 1 heterocycles. The van der Waals surface area contributed by atoms with Crippen molar-refractivity contribution in [2.24, 2.45) is 0 Å². The van der Waals surface area contributed by atoms with Gasteiger partial charge < -0.3 is 10.1 Å². The Morgan fingerprint density at radius 1 is 1.12 bits per heavy atom. The summed E-state index contributed by atoms with van der Waals surface area (Å²) in [7, 11) is 1.84. The molecule has 17 heavy (non-hydrogen) atoms. The van der Waals surface area contributed by atoms with Crippen LogP contribution < -0.4 is 10.1 Å². The van der Waals surface area contributed by atoms with Gasteiger partial charge in [0, 0.05) is 13.1 Å². The van der Waals surface area contributed by atoms with Gasteiger partial charge in [-0.3, -0.25) is 0 Å². The Kier molecular flexibility index (Phi) is 3.28. The van der Waals surface area contributed by atoms with Crippen LogP contribution in [0.25, 0.3) is 0 Å². The van der Waals surface area contributed by atoms with Crippen molar-refractivity contribution in [3.8, 4) is 11.6 Å². The molecule has 0 unspecified atom stereocenters. The number of anilines is 1. The van der Waals surface area contributed by atoms with Crippen LogP contribution in [-0.2, 0) is 0 Å². The Morgan fingerprint density at radius 3 is 2.71 bits per heavy atom. The van der Waals surface area contributed by atoms with Gasteiger partial charge >= 0.3 is 0 Å². The number of benzene rings is 1. The molecule has 88 valence electrons. The van der Waals surface area contributed by atoms with Gasteiger partial charge in [0.25, 0.3) is 0 Å². The van der Waals surface area contributed by atoms with Crippen LogP contribution >= 0.6 is 0 Å². The molecule has 0 aliphatic heterocycles. The molecule has 0 spiro atoms. The number of hydrogen-bond acceptors (Lipinski definition) is 3. The van der Waals surface area contributed by atoms with E-state index in [1.54, 1.807) is 0 Å². The van der Waals surface area contributed by atoms with Gasteiger partial charge in [-0.15, -0.1) is 0 Å². The first kappa shape index (κ1) is 11.5. The Bertz CT molecular complexity index is 523. The van der Waals surface area contributed by atoms with Crippen molar-refractivity contribution < 1.29 is 4.74 Å². The first-order valence-corrected chi connectivity index (χ1v) is 5.59. The molecule has 1 aromatic heterocycles. The molecule has 3 heteroatoms. The molecule has 1 N–H and O–H groups in total. The summed E-state index contributed by atoms with van der Waals surface area (Å²) in [4.78, 5) is 4.32. The van der Waals surface area contributed by atoms with Crippen molar-refractivity contribution in [1.82, 2.24) is 4.98 Å². The smallest absolute Gasteiger partial charge is 0.221 e. The molecular formula is C14H16N2O. The topological polar surface area (TPSA) is 34.1 Å². The van der Waals surface area contributed by atoms with Crippen LogP contribution in [0.5, 0.6) is 11.6 Å². The largest absolute Gasteiger partial charge is 0.439 e. The zero-order valence-electron chi connectivity index (χ0n) is 10.3. The van der Waals surface area contributed by atoms with E-state index >= 15 is 0 Å². The van der Waals surface area contributed by atoms with Crippen molar-refractivity contribution in [3.05, 3.63) is 47.5 Å². The Hall–Kier alpha value is -2.03. The van der Waals surface area contributed by atoms with Crippen LogP contribution in [0.15, 0.2) is 36.4 Å². The molecule has 0 bridgehead atoms. The summed E-state index contributed by atoms with van der Waals surface area (Å²) in [6.07, 6.45) is 0. The first-order valence-electron chi connectivity index (χ1n) is 5.59. The third-order valence-corrected chi connectivity index (χ3v) is 2.54. The maximum Gasteiger partial charge on any atom is 0.221 e. The highest BCUT2D eigenvalue weighted by molar-refractivity contribution is 5.41. The van der Waals surface area contributed by atoms with Gasteiger partial charge in [0.2, 0.25) is 5.88 Å². The molecule has 0 aliphatic carbocycles. The lowest BCUT2D eigenvalue weighted by Gasteiger charge is -2.09. The summed E-state index contributed by atoms with van der Waals surface area (Å²) in [5.74, 6) is 2.25. The highest BCUT2D eigenvalue weighted by Crippen LogP contribution is 2.25. The van der Waals surface area contributed by atoms with Crippen molar-refractivity contribution in [1.29, 1.82) is 0 Å². The summed E-state index contributed by atoms with van der Waals surface area (Å²) in [5, 5.41) is 2.99. The van der Waals surface area contributed by atoms with E-state index in [0.29, 0.717) is 5.88 Å². The molecule has 0 saturated heterocycles. The fourth-order valence-electron chi connectivity index (χ4n) is 1.54. The number of nitrogens with one attached hydrogen (secondary N) is 1. The van der Waals surface area contributed by atoms with Crippen LogP contribution in [0.1, 0.15) is 11.1 Å². The van der Waals surface area contributed by atoms with Crippen molar-refractivity contribution in [2.75, 3.05) is 12.4 Å². The second-order valence-electron chi connectivity index (χ2n) is 3.98. The van der Waals surface area contributed by atoms with Crippen LogP contribution in [0.4, 0.5) is 5.82 Å². The molecule has 3 nitrogen and oxygen atoms in total. The van der Waals surface area contributed by atoms with Gasteiger partial charge in [-0.05, 0) is 37.1 Å². The lowest BCUT2D eigenvalue weighted by molar-refractivity contribution is 0.460. The third kappa shape index (κ3) is 2.75. The number of nitrogens with zero attached hydrogens (tertiary/aromatic N) is 1. The minimum absolute atomic E-state index is 0.602. The molecule has 2 aromatic rings. The predicted molar refractivity (Wildman–Crippen MR) is 69.8 cm³/mol. The quantitative estimate of drug-likeness (QED) is 0.872. The lowest BCUT2D eigenvalue weighted by atomic mass is 10.1. The van der Waals surface area contributed by atoms with Crippen LogP contribution in [0.2, 0.25) is 0 Å². The summed E-state index contributed by atoms with van der Waals surface area (Å²) < 4.78 is 5.78. The second kappa shape index (κ2) is 4.87. The predicted octanol–water partition coefficient (Wildman–Crippen LogP) is 3.53.